The Labute approximate surface area is 117 Å². The summed E-state index contributed by atoms with van der Waals surface area (Å²) in [5, 5.41) is 0. The van der Waals surface area contributed by atoms with E-state index in [0.717, 1.165) is 18.6 Å². The van der Waals surface area contributed by atoms with Gasteiger partial charge in [0, 0.05) is 38.4 Å². The zero-order valence-electron chi connectivity index (χ0n) is 11.6. The molecule has 5 heteroatoms. The number of benzene rings is 1. The Kier molecular flexibility index (Phi) is 4.93. The third kappa shape index (κ3) is 3.68. The van der Waals surface area contributed by atoms with Crippen molar-refractivity contribution in [1.82, 2.24) is 4.90 Å². The van der Waals surface area contributed by atoms with E-state index >= 15 is 0 Å². The summed E-state index contributed by atoms with van der Waals surface area (Å²) >= 11 is 0. The highest BCUT2D eigenvalue weighted by Crippen LogP contribution is 2.21. The lowest BCUT2D eigenvalue weighted by Gasteiger charge is -2.32. The van der Waals surface area contributed by atoms with Crippen LogP contribution in [0.1, 0.15) is 32.6 Å². The van der Waals surface area contributed by atoms with Gasteiger partial charge in [-0.25, -0.2) is 8.78 Å². The van der Waals surface area contributed by atoms with Gasteiger partial charge < -0.3 is 9.64 Å². The van der Waals surface area contributed by atoms with E-state index in [-0.39, 0.29) is 12.0 Å². The van der Waals surface area contributed by atoms with Crippen LogP contribution in [0.2, 0.25) is 0 Å². The van der Waals surface area contributed by atoms with E-state index in [9.17, 15) is 13.6 Å². The molecule has 2 rings (SSSR count). The van der Waals surface area contributed by atoms with Crippen LogP contribution in [0.15, 0.2) is 18.2 Å². The van der Waals surface area contributed by atoms with Crippen LogP contribution in [0.3, 0.4) is 0 Å². The Morgan fingerprint density at radius 1 is 1.30 bits per heavy atom. The Bertz CT molecular complexity index is 471. The third-order valence-electron chi connectivity index (χ3n) is 3.45. The van der Waals surface area contributed by atoms with Crippen LogP contribution in [0.5, 0.6) is 5.75 Å². The zero-order chi connectivity index (χ0) is 14.5. The minimum absolute atomic E-state index is 0.0504. The van der Waals surface area contributed by atoms with Gasteiger partial charge in [0.1, 0.15) is 11.9 Å². The van der Waals surface area contributed by atoms with Crippen LogP contribution < -0.4 is 4.74 Å². The molecule has 1 aromatic carbocycles. The predicted octanol–water partition coefficient (Wildman–Crippen LogP) is 3.13. The van der Waals surface area contributed by atoms with E-state index in [1.54, 1.807) is 0 Å². The number of carbonyl (C=O) groups excluding carboxylic acids is 1. The molecule has 20 heavy (non-hydrogen) atoms. The maximum absolute atomic E-state index is 13.1. The average Bonchev–Trinajstić information content (AvgIpc) is 2.44. The quantitative estimate of drug-likeness (QED) is 0.849. The minimum atomic E-state index is -0.905. The van der Waals surface area contributed by atoms with Gasteiger partial charge in [-0.1, -0.05) is 6.92 Å². The molecule has 1 fully saturated rings. The molecule has 1 aromatic rings. The summed E-state index contributed by atoms with van der Waals surface area (Å²) in [7, 11) is 0. The highest BCUT2D eigenvalue weighted by molar-refractivity contribution is 5.76. The third-order valence-corrected chi connectivity index (χ3v) is 3.45. The van der Waals surface area contributed by atoms with Crippen LogP contribution in [-0.4, -0.2) is 30.0 Å². The van der Waals surface area contributed by atoms with Crippen LogP contribution in [0.4, 0.5) is 8.78 Å². The summed E-state index contributed by atoms with van der Waals surface area (Å²) in [5.74, 6) is -1.27. The molecule has 0 spiro atoms. The molecule has 1 heterocycles. The van der Waals surface area contributed by atoms with Crippen molar-refractivity contribution in [2.75, 3.05) is 13.1 Å². The molecule has 0 aromatic heterocycles. The van der Waals surface area contributed by atoms with Crippen molar-refractivity contribution in [3.05, 3.63) is 29.8 Å². The molecule has 0 atom stereocenters. The normalized spacial score (nSPS) is 16.2. The second-order valence-corrected chi connectivity index (χ2v) is 5.02. The zero-order valence-corrected chi connectivity index (χ0v) is 11.6. The van der Waals surface area contributed by atoms with Crippen LogP contribution in [-0.2, 0) is 4.79 Å². The van der Waals surface area contributed by atoms with E-state index in [0.29, 0.717) is 38.1 Å². The van der Waals surface area contributed by atoms with E-state index in [4.69, 9.17) is 4.74 Å². The number of ether oxygens (including phenoxy) is 1. The number of carbonyl (C=O) groups is 1. The second kappa shape index (κ2) is 6.68. The maximum atomic E-state index is 13.1. The fourth-order valence-corrected chi connectivity index (χ4v) is 2.34. The standard InChI is InChI=1S/C15H19F2NO2/c1-2-3-15(19)18-8-6-11(7-9-18)20-12-4-5-13(16)14(17)10-12/h4-5,10-11H,2-3,6-9H2,1H3. The van der Waals surface area contributed by atoms with Gasteiger partial charge in [0.25, 0.3) is 0 Å². The number of hydrogen-bond acceptors (Lipinski definition) is 2. The summed E-state index contributed by atoms with van der Waals surface area (Å²) < 4.78 is 31.5. The SMILES string of the molecule is CCCC(=O)N1CCC(Oc2ccc(F)c(F)c2)CC1. The molecular formula is C15H19F2NO2. The monoisotopic (exact) mass is 283 g/mol. The first kappa shape index (κ1) is 14.8. The number of amides is 1. The van der Waals surface area contributed by atoms with Gasteiger partial charge in [0.2, 0.25) is 5.91 Å². The minimum Gasteiger partial charge on any atom is -0.490 e. The van der Waals surface area contributed by atoms with Gasteiger partial charge in [-0.2, -0.15) is 0 Å². The number of halogens is 2. The predicted molar refractivity (Wildman–Crippen MR) is 71.5 cm³/mol. The van der Waals surface area contributed by atoms with Crippen molar-refractivity contribution in [3.63, 3.8) is 0 Å². The lowest BCUT2D eigenvalue weighted by molar-refractivity contribution is -0.133. The van der Waals surface area contributed by atoms with Crippen molar-refractivity contribution in [2.24, 2.45) is 0 Å². The topological polar surface area (TPSA) is 29.5 Å². The fraction of sp³-hybridized carbons (Fsp3) is 0.533. The molecule has 0 radical (unpaired) electrons. The van der Waals surface area contributed by atoms with Crippen LogP contribution >= 0.6 is 0 Å². The Morgan fingerprint density at radius 3 is 2.60 bits per heavy atom. The van der Waals surface area contributed by atoms with Crippen molar-refractivity contribution < 1.29 is 18.3 Å². The van der Waals surface area contributed by atoms with Crippen molar-refractivity contribution in [3.8, 4) is 5.75 Å². The molecule has 0 N–H and O–H groups in total. The molecule has 1 saturated heterocycles. The summed E-state index contributed by atoms with van der Waals surface area (Å²) in [6.07, 6.45) is 2.81. The molecule has 0 bridgehead atoms. The first-order valence-corrected chi connectivity index (χ1v) is 6.99. The lowest BCUT2D eigenvalue weighted by Crippen LogP contribution is -2.41. The van der Waals surface area contributed by atoms with Gasteiger partial charge in [0.15, 0.2) is 11.6 Å². The van der Waals surface area contributed by atoms with Gasteiger partial charge >= 0.3 is 0 Å². The second-order valence-electron chi connectivity index (χ2n) is 5.02. The van der Waals surface area contributed by atoms with Crippen molar-refractivity contribution >= 4 is 5.91 Å². The molecule has 0 aliphatic carbocycles. The Balaban J connectivity index is 1.85. The van der Waals surface area contributed by atoms with E-state index < -0.39 is 11.6 Å². The molecule has 1 aliphatic rings. The lowest BCUT2D eigenvalue weighted by atomic mass is 10.1. The molecule has 110 valence electrons. The summed E-state index contributed by atoms with van der Waals surface area (Å²) in [5.41, 5.74) is 0. The molecule has 1 amide bonds. The number of likely N-dealkylation sites (tertiary alicyclic amines) is 1. The summed E-state index contributed by atoms with van der Waals surface area (Å²) in [6.45, 7) is 3.30. The summed E-state index contributed by atoms with van der Waals surface area (Å²) in [4.78, 5) is 13.6. The molecule has 1 aliphatic heterocycles. The maximum Gasteiger partial charge on any atom is 0.222 e. The van der Waals surface area contributed by atoms with E-state index in [1.807, 2.05) is 11.8 Å². The van der Waals surface area contributed by atoms with Gasteiger partial charge in [-0.15, -0.1) is 0 Å². The molecule has 0 unspecified atom stereocenters. The number of nitrogens with zero attached hydrogens (tertiary/aromatic N) is 1. The van der Waals surface area contributed by atoms with E-state index in [2.05, 4.69) is 0 Å². The Morgan fingerprint density at radius 2 is 2.00 bits per heavy atom. The van der Waals surface area contributed by atoms with Gasteiger partial charge in [0.05, 0.1) is 0 Å². The van der Waals surface area contributed by atoms with Gasteiger partial charge in [-0.3, -0.25) is 4.79 Å². The van der Waals surface area contributed by atoms with Crippen molar-refractivity contribution in [2.45, 2.75) is 38.7 Å². The first-order chi connectivity index (χ1) is 9.60. The van der Waals surface area contributed by atoms with Gasteiger partial charge in [-0.05, 0) is 18.6 Å². The van der Waals surface area contributed by atoms with Crippen LogP contribution in [0.25, 0.3) is 0 Å². The fourth-order valence-electron chi connectivity index (χ4n) is 2.34. The number of hydrogen-bond donors (Lipinski definition) is 0. The first-order valence-electron chi connectivity index (χ1n) is 6.99. The number of rotatable bonds is 4. The molecular weight excluding hydrogens is 264 g/mol. The Hall–Kier alpha value is -1.65. The smallest absolute Gasteiger partial charge is 0.222 e. The molecule has 0 saturated carbocycles. The largest absolute Gasteiger partial charge is 0.490 e. The number of piperidine rings is 1. The van der Waals surface area contributed by atoms with Crippen LogP contribution in [0, 0.1) is 11.6 Å². The highest BCUT2D eigenvalue weighted by Gasteiger charge is 2.23. The van der Waals surface area contributed by atoms with E-state index in [1.165, 1.54) is 6.07 Å². The molecule has 3 nitrogen and oxygen atoms in total. The van der Waals surface area contributed by atoms with Crippen molar-refractivity contribution in [1.29, 1.82) is 0 Å². The highest BCUT2D eigenvalue weighted by atomic mass is 19.2. The summed E-state index contributed by atoms with van der Waals surface area (Å²) in [6, 6.07) is 3.54. The average molecular weight is 283 g/mol.